The molecule has 0 fully saturated rings. The number of fused-ring (bicyclic) bond motifs is 6. The SMILES string of the molecule is [2H]c1c([2H])c([2H])c(C2(c3cccc4oc5ccccc5c34)c3ccc(N(c4ccccc4)c4ccccc4)cc3-c3cc(N(c4ccccc4)c4ccc(-c5ccccc5)cc4)ccc32)c([2H])c1[2H]. The molecule has 0 N–H and O–H groups in total. The highest BCUT2D eigenvalue weighted by Gasteiger charge is 2.48. The number of hydrogen-bond donors (Lipinski definition) is 0. The normalized spacial score (nSPS) is 15.1. The maximum atomic E-state index is 9.83. The molecule has 11 aromatic rings. The first kappa shape index (κ1) is 32.3. The second-order valence-corrected chi connectivity index (χ2v) is 16.1. The topological polar surface area (TPSA) is 19.6 Å². The van der Waals surface area contributed by atoms with Gasteiger partial charge in [-0.05, 0) is 129 Å². The summed E-state index contributed by atoms with van der Waals surface area (Å²) in [5, 5.41) is 1.68. The van der Waals surface area contributed by atoms with Crippen LogP contribution >= 0.6 is 0 Å². The molecule has 0 radical (unpaired) electrons. The Morgan fingerprint density at radius 2 is 0.812 bits per heavy atom. The van der Waals surface area contributed by atoms with Gasteiger partial charge in [0.05, 0.1) is 12.3 Å². The van der Waals surface area contributed by atoms with Gasteiger partial charge in [-0.3, -0.25) is 0 Å². The highest BCUT2D eigenvalue weighted by molar-refractivity contribution is 6.09. The molecule has 64 heavy (non-hydrogen) atoms. The molecule has 0 aliphatic heterocycles. The Labute approximate surface area is 380 Å². The van der Waals surface area contributed by atoms with Gasteiger partial charge in [0.2, 0.25) is 0 Å². The van der Waals surface area contributed by atoms with E-state index in [0.29, 0.717) is 11.2 Å². The van der Waals surface area contributed by atoms with E-state index in [0.717, 1.165) is 83.8 Å². The number of benzene rings is 10. The van der Waals surface area contributed by atoms with Gasteiger partial charge in [-0.25, -0.2) is 0 Å². The summed E-state index contributed by atoms with van der Waals surface area (Å²) in [4.78, 5) is 4.47. The Bertz CT molecular complexity index is 3660. The smallest absolute Gasteiger partial charge is 0.135 e. The van der Waals surface area contributed by atoms with Crippen LogP contribution in [0.3, 0.4) is 0 Å². The van der Waals surface area contributed by atoms with E-state index >= 15 is 0 Å². The van der Waals surface area contributed by atoms with Crippen LogP contribution < -0.4 is 9.80 Å². The Morgan fingerprint density at radius 3 is 1.38 bits per heavy atom. The van der Waals surface area contributed by atoms with Crippen LogP contribution in [-0.2, 0) is 5.41 Å². The summed E-state index contributed by atoms with van der Waals surface area (Å²) in [5.74, 6) is 0. The minimum Gasteiger partial charge on any atom is -0.456 e. The molecule has 302 valence electrons. The Kier molecular flexibility index (Phi) is 7.83. The Hall–Kier alpha value is -8.40. The minimum atomic E-state index is -1.43. The monoisotopic (exact) mass is 823 g/mol. The van der Waals surface area contributed by atoms with Gasteiger partial charge in [0.1, 0.15) is 11.2 Å². The van der Waals surface area contributed by atoms with E-state index < -0.39 is 23.5 Å². The lowest BCUT2D eigenvalue weighted by Crippen LogP contribution is -2.29. The third-order valence-electron chi connectivity index (χ3n) is 12.6. The lowest BCUT2D eigenvalue weighted by molar-refractivity contribution is 0.667. The zero-order chi connectivity index (χ0) is 46.8. The standard InChI is InChI=1S/C61H42N2O/c1-6-19-43(20-7-1)44-33-35-49(36-34-44)63(48-27-14-5-15-28-48)51-38-40-56-54(42-51)53-41-50(62(46-23-10-3-11-24-46)47-25-12-4-13-26-47)37-39-55(53)61(56,45-21-8-2-9-22-45)57-30-18-32-59-60(57)52-29-16-17-31-58(52)64-59/h1-42H/i2D,8D,9D,21D,22D. The molecule has 1 aliphatic rings. The summed E-state index contributed by atoms with van der Waals surface area (Å²) in [7, 11) is 0. The van der Waals surface area contributed by atoms with Gasteiger partial charge in [-0.15, -0.1) is 0 Å². The van der Waals surface area contributed by atoms with Crippen molar-refractivity contribution in [3.05, 3.63) is 277 Å². The summed E-state index contributed by atoms with van der Waals surface area (Å²) >= 11 is 0. The van der Waals surface area contributed by atoms with Crippen molar-refractivity contribution in [1.29, 1.82) is 0 Å². The lowest BCUT2D eigenvalue weighted by atomic mass is 9.66. The van der Waals surface area contributed by atoms with Gasteiger partial charge >= 0.3 is 0 Å². The summed E-state index contributed by atoms with van der Waals surface area (Å²) in [6.07, 6.45) is 0. The van der Waals surface area contributed by atoms with Gasteiger partial charge in [0.25, 0.3) is 0 Å². The van der Waals surface area contributed by atoms with E-state index in [1.54, 1.807) is 0 Å². The summed E-state index contributed by atoms with van der Waals surface area (Å²) < 4.78 is 53.4. The number of rotatable bonds is 9. The molecule has 0 amide bonds. The summed E-state index contributed by atoms with van der Waals surface area (Å²) in [5.41, 5.74) is 12.0. The zero-order valence-electron chi connectivity index (χ0n) is 39.7. The molecule has 0 saturated heterocycles. The van der Waals surface area contributed by atoms with Crippen LogP contribution in [0.15, 0.2) is 259 Å². The van der Waals surface area contributed by atoms with Crippen molar-refractivity contribution in [3.8, 4) is 22.3 Å². The van der Waals surface area contributed by atoms with E-state index in [1.807, 2.05) is 115 Å². The van der Waals surface area contributed by atoms with Gasteiger partial charge < -0.3 is 14.2 Å². The van der Waals surface area contributed by atoms with E-state index in [-0.39, 0.29) is 17.6 Å². The molecule has 1 heterocycles. The summed E-state index contributed by atoms with van der Waals surface area (Å²) in [6.45, 7) is 0. The van der Waals surface area contributed by atoms with Crippen LogP contribution in [0.25, 0.3) is 44.2 Å². The third kappa shape index (κ3) is 6.05. The Balaban J connectivity index is 1.20. The van der Waals surface area contributed by atoms with Crippen molar-refractivity contribution in [2.24, 2.45) is 0 Å². The molecule has 0 spiro atoms. The molecule has 10 aromatic carbocycles. The minimum absolute atomic E-state index is 0.172. The van der Waals surface area contributed by atoms with Crippen molar-refractivity contribution < 1.29 is 11.3 Å². The van der Waals surface area contributed by atoms with Gasteiger partial charge in [0, 0.05) is 44.9 Å². The van der Waals surface area contributed by atoms with Crippen molar-refractivity contribution in [2.75, 3.05) is 9.80 Å². The molecule has 1 aromatic heterocycles. The van der Waals surface area contributed by atoms with Crippen molar-refractivity contribution in [2.45, 2.75) is 5.41 Å². The fraction of sp³-hybridized carbons (Fsp3) is 0.0164. The van der Waals surface area contributed by atoms with Gasteiger partial charge in [-0.1, -0.05) is 170 Å². The van der Waals surface area contributed by atoms with Crippen LogP contribution in [0.5, 0.6) is 0 Å². The number of furan rings is 1. The number of para-hydroxylation sites is 4. The first-order valence-corrected chi connectivity index (χ1v) is 21.5. The molecule has 1 aliphatic carbocycles. The second-order valence-electron chi connectivity index (χ2n) is 16.1. The molecule has 12 rings (SSSR count). The van der Waals surface area contributed by atoms with Crippen LogP contribution in [0, 0.1) is 0 Å². The maximum Gasteiger partial charge on any atom is 0.135 e. The molecule has 0 bridgehead atoms. The molecule has 0 saturated carbocycles. The number of anilines is 6. The fourth-order valence-electron chi connectivity index (χ4n) is 9.87. The first-order valence-electron chi connectivity index (χ1n) is 24.0. The van der Waals surface area contributed by atoms with Crippen molar-refractivity contribution >= 4 is 56.1 Å². The third-order valence-corrected chi connectivity index (χ3v) is 12.6. The quantitative estimate of drug-likeness (QED) is 0.145. The maximum absolute atomic E-state index is 9.83. The first-order chi connectivity index (χ1) is 33.8. The van der Waals surface area contributed by atoms with Crippen LogP contribution in [0.1, 0.15) is 29.1 Å². The van der Waals surface area contributed by atoms with E-state index in [2.05, 4.69) is 119 Å². The predicted molar refractivity (Wildman–Crippen MR) is 266 cm³/mol. The molecular weight excluding hydrogens is 777 g/mol. The average Bonchev–Trinajstić information content (AvgIpc) is 3.93. The number of hydrogen-bond acceptors (Lipinski definition) is 3. The molecule has 3 heteroatoms. The van der Waals surface area contributed by atoms with Crippen LogP contribution in [-0.4, -0.2) is 0 Å². The lowest BCUT2D eigenvalue weighted by Gasteiger charge is -2.35. The summed E-state index contributed by atoms with van der Waals surface area (Å²) in [6, 6.07) is 74.6. The van der Waals surface area contributed by atoms with Crippen molar-refractivity contribution in [3.63, 3.8) is 0 Å². The predicted octanol–water partition coefficient (Wildman–Crippen LogP) is 16.6. The van der Waals surface area contributed by atoms with E-state index in [1.165, 1.54) is 0 Å². The Morgan fingerprint density at radius 1 is 0.359 bits per heavy atom. The van der Waals surface area contributed by atoms with E-state index in [9.17, 15) is 5.48 Å². The molecular formula is C61H42N2O. The number of nitrogens with zero attached hydrogens (tertiary/aromatic N) is 2. The van der Waals surface area contributed by atoms with E-state index in [4.69, 9.17) is 5.79 Å². The molecule has 1 atom stereocenters. The molecule has 1 unspecified atom stereocenters. The largest absolute Gasteiger partial charge is 0.456 e. The van der Waals surface area contributed by atoms with Gasteiger partial charge in [0.15, 0.2) is 0 Å². The fourth-order valence-corrected chi connectivity index (χ4v) is 9.87. The highest BCUT2D eigenvalue weighted by atomic mass is 16.3. The average molecular weight is 824 g/mol. The zero-order valence-corrected chi connectivity index (χ0v) is 34.7. The van der Waals surface area contributed by atoms with Gasteiger partial charge in [-0.2, -0.15) is 0 Å². The van der Waals surface area contributed by atoms with Crippen LogP contribution in [0.4, 0.5) is 34.1 Å². The second kappa shape index (κ2) is 15.5. The molecule has 3 nitrogen and oxygen atoms in total. The van der Waals surface area contributed by atoms with Crippen molar-refractivity contribution in [1.82, 2.24) is 0 Å². The highest BCUT2D eigenvalue weighted by Crippen LogP contribution is 2.60. The van der Waals surface area contributed by atoms with Crippen LogP contribution in [0.2, 0.25) is 0 Å².